The highest BCUT2D eigenvalue weighted by molar-refractivity contribution is 6.30. The molecule has 1 rings (SSSR count). The molecular weight excluding hydrogens is 296 g/mol. The van der Waals surface area contributed by atoms with E-state index in [4.69, 9.17) is 16.3 Å². The van der Waals surface area contributed by atoms with Gasteiger partial charge in [-0.3, -0.25) is 4.98 Å². The maximum absolute atomic E-state index is 11.6. The SMILES string of the molecule is COC(=O)c1cc(Cl)cnc1CCNC(=O)OC(C)(C)C. The van der Waals surface area contributed by atoms with E-state index in [2.05, 4.69) is 15.0 Å². The molecule has 0 aromatic carbocycles. The molecule has 0 aliphatic carbocycles. The number of aromatic nitrogens is 1. The van der Waals surface area contributed by atoms with Crippen molar-refractivity contribution in [2.24, 2.45) is 0 Å². The van der Waals surface area contributed by atoms with Crippen LogP contribution in [0.15, 0.2) is 12.3 Å². The molecule has 0 atom stereocenters. The first-order valence-corrected chi connectivity index (χ1v) is 6.80. The number of hydrogen-bond acceptors (Lipinski definition) is 5. The van der Waals surface area contributed by atoms with Crippen LogP contribution in [0.5, 0.6) is 0 Å². The van der Waals surface area contributed by atoms with Crippen LogP contribution >= 0.6 is 11.6 Å². The van der Waals surface area contributed by atoms with Gasteiger partial charge in [-0.1, -0.05) is 11.6 Å². The number of methoxy groups -OCH3 is 1. The van der Waals surface area contributed by atoms with E-state index in [1.807, 2.05) is 0 Å². The maximum Gasteiger partial charge on any atom is 0.407 e. The average Bonchev–Trinajstić information content (AvgIpc) is 2.37. The summed E-state index contributed by atoms with van der Waals surface area (Å²) in [5, 5.41) is 2.95. The number of halogens is 1. The Bertz CT molecular complexity index is 526. The molecule has 7 heteroatoms. The fraction of sp³-hybridized carbons (Fsp3) is 0.500. The van der Waals surface area contributed by atoms with E-state index in [1.54, 1.807) is 20.8 Å². The minimum Gasteiger partial charge on any atom is -0.465 e. The molecule has 0 aliphatic rings. The zero-order chi connectivity index (χ0) is 16.0. The first kappa shape index (κ1) is 17.2. The van der Waals surface area contributed by atoms with Crippen molar-refractivity contribution >= 4 is 23.7 Å². The van der Waals surface area contributed by atoms with Gasteiger partial charge >= 0.3 is 12.1 Å². The quantitative estimate of drug-likeness (QED) is 0.864. The Labute approximate surface area is 128 Å². The summed E-state index contributed by atoms with van der Waals surface area (Å²) in [6.45, 7) is 5.63. The van der Waals surface area contributed by atoms with E-state index in [1.165, 1.54) is 19.4 Å². The number of alkyl carbamates (subject to hydrolysis) is 1. The molecule has 0 bridgehead atoms. The van der Waals surface area contributed by atoms with Crippen molar-refractivity contribution in [2.45, 2.75) is 32.8 Å². The Morgan fingerprint density at radius 2 is 2.05 bits per heavy atom. The number of esters is 1. The Balaban J connectivity index is 2.64. The molecule has 0 saturated heterocycles. The van der Waals surface area contributed by atoms with Crippen LogP contribution < -0.4 is 5.32 Å². The molecule has 0 radical (unpaired) electrons. The first-order valence-electron chi connectivity index (χ1n) is 6.42. The lowest BCUT2D eigenvalue weighted by Crippen LogP contribution is -2.33. The van der Waals surface area contributed by atoms with Crippen LogP contribution in [-0.2, 0) is 15.9 Å². The Kier molecular flexibility index (Phi) is 5.96. The minimum atomic E-state index is -0.556. The second kappa shape index (κ2) is 7.26. The number of nitrogens with one attached hydrogen (secondary N) is 1. The smallest absolute Gasteiger partial charge is 0.407 e. The molecule has 1 heterocycles. The summed E-state index contributed by atoms with van der Waals surface area (Å²) in [6, 6.07) is 1.49. The van der Waals surface area contributed by atoms with Gasteiger partial charge in [0.25, 0.3) is 0 Å². The number of carbonyl (C=O) groups is 2. The lowest BCUT2D eigenvalue weighted by molar-refractivity contribution is 0.0528. The van der Waals surface area contributed by atoms with Crippen LogP contribution in [0.2, 0.25) is 5.02 Å². The lowest BCUT2D eigenvalue weighted by atomic mass is 10.1. The molecule has 0 saturated carbocycles. The van der Waals surface area contributed by atoms with Gasteiger partial charge in [0.2, 0.25) is 0 Å². The number of nitrogens with zero attached hydrogens (tertiary/aromatic N) is 1. The minimum absolute atomic E-state index is 0.285. The van der Waals surface area contributed by atoms with Crippen molar-refractivity contribution < 1.29 is 19.1 Å². The molecule has 1 N–H and O–H groups in total. The van der Waals surface area contributed by atoms with Crippen LogP contribution in [-0.4, -0.2) is 36.3 Å². The third-order valence-electron chi connectivity index (χ3n) is 2.37. The van der Waals surface area contributed by atoms with Gasteiger partial charge in [0, 0.05) is 19.2 Å². The van der Waals surface area contributed by atoms with Gasteiger partial charge < -0.3 is 14.8 Å². The highest BCUT2D eigenvalue weighted by atomic mass is 35.5. The molecule has 0 aliphatic heterocycles. The van der Waals surface area contributed by atoms with Crippen LogP contribution in [0, 0.1) is 0 Å². The van der Waals surface area contributed by atoms with Gasteiger partial charge in [-0.25, -0.2) is 9.59 Å². The molecule has 1 amide bonds. The normalized spacial score (nSPS) is 10.9. The Morgan fingerprint density at radius 1 is 1.38 bits per heavy atom. The zero-order valence-electron chi connectivity index (χ0n) is 12.5. The summed E-state index contributed by atoms with van der Waals surface area (Å²) in [6.07, 6.45) is 1.29. The standard InChI is InChI=1S/C14H19ClN2O4/c1-14(2,3)21-13(19)16-6-5-11-10(12(18)20-4)7-9(15)8-17-11/h7-8H,5-6H2,1-4H3,(H,16,19). The van der Waals surface area contributed by atoms with Crippen molar-refractivity contribution in [3.05, 3.63) is 28.5 Å². The fourth-order valence-electron chi connectivity index (χ4n) is 1.55. The van der Waals surface area contributed by atoms with E-state index in [0.29, 0.717) is 17.1 Å². The third kappa shape index (κ3) is 5.99. The number of carbonyl (C=O) groups excluding carboxylic acids is 2. The van der Waals surface area contributed by atoms with Crippen molar-refractivity contribution in [3.8, 4) is 0 Å². The Morgan fingerprint density at radius 3 is 2.62 bits per heavy atom. The van der Waals surface area contributed by atoms with Gasteiger partial charge in [0.1, 0.15) is 5.60 Å². The molecular formula is C14H19ClN2O4. The van der Waals surface area contributed by atoms with Gasteiger partial charge in [-0.05, 0) is 26.8 Å². The topological polar surface area (TPSA) is 77.5 Å². The van der Waals surface area contributed by atoms with Crippen molar-refractivity contribution in [3.63, 3.8) is 0 Å². The molecule has 0 spiro atoms. The van der Waals surface area contributed by atoms with Crippen LogP contribution in [0.25, 0.3) is 0 Å². The van der Waals surface area contributed by atoms with Crippen molar-refractivity contribution in [1.82, 2.24) is 10.3 Å². The molecule has 1 aromatic rings. The van der Waals surface area contributed by atoms with E-state index in [-0.39, 0.29) is 12.1 Å². The largest absolute Gasteiger partial charge is 0.465 e. The van der Waals surface area contributed by atoms with Gasteiger partial charge in [0.15, 0.2) is 0 Å². The summed E-state index contributed by atoms with van der Waals surface area (Å²) in [7, 11) is 1.28. The summed E-state index contributed by atoms with van der Waals surface area (Å²) in [5.41, 5.74) is 0.234. The summed E-state index contributed by atoms with van der Waals surface area (Å²) in [4.78, 5) is 27.2. The van der Waals surface area contributed by atoms with Crippen LogP contribution in [0.4, 0.5) is 4.79 Å². The predicted molar refractivity (Wildman–Crippen MR) is 78.5 cm³/mol. The summed E-state index contributed by atoms with van der Waals surface area (Å²) >= 11 is 5.81. The molecule has 1 aromatic heterocycles. The van der Waals surface area contributed by atoms with E-state index >= 15 is 0 Å². The van der Waals surface area contributed by atoms with Crippen LogP contribution in [0.1, 0.15) is 36.8 Å². The number of pyridine rings is 1. The average molecular weight is 315 g/mol. The molecule has 116 valence electrons. The van der Waals surface area contributed by atoms with E-state index in [9.17, 15) is 9.59 Å². The summed E-state index contributed by atoms with van der Waals surface area (Å²) < 4.78 is 9.79. The van der Waals surface area contributed by atoms with Crippen molar-refractivity contribution in [2.75, 3.05) is 13.7 Å². The van der Waals surface area contributed by atoms with Crippen LogP contribution in [0.3, 0.4) is 0 Å². The molecule has 21 heavy (non-hydrogen) atoms. The fourth-order valence-corrected chi connectivity index (χ4v) is 1.71. The maximum atomic E-state index is 11.6. The third-order valence-corrected chi connectivity index (χ3v) is 2.58. The number of ether oxygens (including phenoxy) is 2. The predicted octanol–water partition coefficient (Wildman–Crippen LogP) is 2.59. The second-order valence-corrected chi connectivity index (χ2v) is 5.75. The van der Waals surface area contributed by atoms with Crippen molar-refractivity contribution in [1.29, 1.82) is 0 Å². The van der Waals surface area contributed by atoms with Gasteiger partial charge in [0.05, 0.1) is 23.4 Å². The highest BCUT2D eigenvalue weighted by Crippen LogP contribution is 2.15. The monoisotopic (exact) mass is 314 g/mol. The molecule has 0 unspecified atom stereocenters. The van der Waals surface area contributed by atoms with Gasteiger partial charge in [-0.2, -0.15) is 0 Å². The lowest BCUT2D eigenvalue weighted by Gasteiger charge is -2.19. The molecule has 6 nitrogen and oxygen atoms in total. The Hall–Kier alpha value is -1.82. The molecule has 0 fully saturated rings. The van der Waals surface area contributed by atoms with Gasteiger partial charge in [-0.15, -0.1) is 0 Å². The highest BCUT2D eigenvalue weighted by Gasteiger charge is 2.17. The first-order chi connectivity index (χ1) is 9.73. The van der Waals surface area contributed by atoms with E-state index in [0.717, 1.165) is 0 Å². The zero-order valence-corrected chi connectivity index (χ0v) is 13.3. The second-order valence-electron chi connectivity index (χ2n) is 5.32. The van der Waals surface area contributed by atoms with E-state index < -0.39 is 17.7 Å². The summed E-state index contributed by atoms with van der Waals surface area (Å²) in [5.74, 6) is -0.516. The number of hydrogen-bond donors (Lipinski definition) is 1. The number of amides is 1. The number of rotatable bonds is 4.